The topological polar surface area (TPSA) is 118 Å². The molecule has 31 heavy (non-hydrogen) atoms. The zero-order valence-electron chi connectivity index (χ0n) is 16.1. The number of halogens is 1. The van der Waals surface area contributed by atoms with Gasteiger partial charge in [-0.1, -0.05) is 52.3 Å². The van der Waals surface area contributed by atoms with Gasteiger partial charge in [-0.2, -0.15) is 4.72 Å². The molecule has 1 unspecified atom stereocenters. The lowest BCUT2D eigenvalue weighted by Crippen LogP contribution is -2.45. The fraction of sp³-hybridized carbons (Fsp3) is 0.0952. The highest BCUT2D eigenvalue weighted by atomic mass is 79.9. The summed E-state index contributed by atoms with van der Waals surface area (Å²) in [6, 6.07) is 19.3. The predicted molar refractivity (Wildman–Crippen MR) is 120 cm³/mol. The van der Waals surface area contributed by atoms with Crippen molar-refractivity contribution in [2.45, 2.75) is 17.4 Å². The molecule has 0 radical (unpaired) electrons. The van der Waals surface area contributed by atoms with Gasteiger partial charge in [-0.15, -0.1) is 0 Å². The Balaban J connectivity index is 1.86. The molecule has 8 nitrogen and oxygen atoms in total. The number of nitro groups is 1. The van der Waals surface area contributed by atoms with Gasteiger partial charge < -0.3 is 5.32 Å². The molecule has 0 fully saturated rings. The quantitative estimate of drug-likeness (QED) is 0.357. The molecule has 0 aromatic heterocycles. The van der Waals surface area contributed by atoms with Crippen molar-refractivity contribution in [2.24, 2.45) is 0 Å². The lowest BCUT2D eigenvalue weighted by molar-refractivity contribution is -0.384. The Labute approximate surface area is 187 Å². The smallest absolute Gasteiger partial charge is 0.271 e. The fourth-order valence-electron chi connectivity index (χ4n) is 2.83. The van der Waals surface area contributed by atoms with E-state index in [0.717, 1.165) is 10.0 Å². The molecule has 160 valence electrons. The van der Waals surface area contributed by atoms with E-state index < -0.39 is 26.9 Å². The Morgan fingerprint density at radius 1 is 1.00 bits per heavy atom. The number of non-ortho nitro benzene ring substituents is 1. The van der Waals surface area contributed by atoms with Crippen LogP contribution in [0.3, 0.4) is 0 Å². The maximum atomic E-state index is 12.9. The van der Waals surface area contributed by atoms with Crippen molar-refractivity contribution in [3.05, 3.63) is 99.0 Å². The molecule has 1 atom stereocenters. The maximum absolute atomic E-state index is 12.9. The first-order chi connectivity index (χ1) is 14.7. The number of rotatable bonds is 8. The normalized spacial score (nSPS) is 12.2. The lowest BCUT2D eigenvalue weighted by atomic mass is 10.1. The van der Waals surface area contributed by atoms with Gasteiger partial charge in [0.1, 0.15) is 6.04 Å². The van der Waals surface area contributed by atoms with Crippen molar-refractivity contribution >= 4 is 43.2 Å². The van der Waals surface area contributed by atoms with Gasteiger partial charge in [-0.3, -0.25) is 14.9 Å². The first kappa shape index (κ1) is 22.6. The number of anilines is 1. The van der Waals surface area contributed by atoms with Gasteiger partial charge >= 0.3 is 0 Å². The Kier molecular flexibility index (Phi) is 7.16. The largest absolute Gasteiger partial charge is 0.324 e. The van der Waals surface area contributed by atoms with E-state index in [9.17, 15) is 23.3 Å². The average Bonchev–Trinajstić information content (AvgIpc) is 2.74. The highest BCUT2D eigenvalue weighted by molar-refractivity contribution is 9.10. The number of sulfonamides is 1. The summed E-state index contributed by atoms with van der Waals surface area (Å²) in [6.45, 7) is 0. The molecule has 0 aliphatic rings. The second-order valence-corrected chi connectivity index (χ2v) is 9.24. The number of nitro benzene ring substituents is 1. The molecule has 10 heteroatoms. The SMILES string of the molecule is O=C(Nc1cccc([N+](=O)[O-])c1)C(Cc1ccccc1)NS(=O)(=O)c1ccc(Br)cc1. The van der Waals surface area contributed by atoms with Crippen LogP contribution in [0.2, 0.25) is 0 Å². The summed E-state index contributed by atoms with van der Waals surface area (Å²) in [6.07, 6.45) is 0.0946. The third kappa shape index (κ3) is 6.20. The van der Waals surface area contributed by atoms with Crippen LogP contribution in [0, 0.1) is 10.1 Å². The van der Waals surface area contributed by atoms with Crippen LogP contribution in [0.25, 0.3) is 0 Å². The van der Waals surface area contributed by atoms with Crippen LogP contribution in [0.1, 0.15) is 5.56 Å². The first-order valence-corrected chi connectivity index (χ1v) is 11.4. The second kappa shape index (κ2) is 9.82. The number of benzene rings is 3. The zero-order valence-corrected chi connectivity index (χ0v) is 18.5. The molecule has 0 spiro atoms. The van der Waals surface area contributed by atoms with E-state index >= 15 is 0 Å². The van der Waals surface area contributed by atoms with Crippen LogP contribution in [-0.4, -0.2) is 25.3 Å². The van der Waals surface area contributed by atoms with Crippen molar-refractivity contribution in [1.29, 1.82) is 0 Å². The molecule has 3 aromatic rings. The molecule has 0 heterocycles. The maximum Gasteiger partial charge on any atom is 0.271 e. The van der Waals surface area contributed by atoms with Crippen molar-refractivity contribution in [1.82, 2.24) is 4.72 Å². The molecule has 0 aliphatic carbocycles. The predicted octanol–water partition coefficient (Wildman–Crippen LogP) is 3.89. The number of amides is 1. The fourth-order valence-corrected chi connectivity index (χ4v) is 4.29. The molecular formula is C21H18BrN3O5S. The third-order valence-corrected chi connectivity index (χ3v) is 6.36. The van der Waals surface area contributed by atoms with Crippen LogP contribution >= 0.6 is 15.9 Å². The van der Waals surface area contributed by atoms with Crippen LogP contribution < -0.4 is 10.0 Å². The summed E-state index contributed by atoms with van der Waals surface area (Å²) < 4.78 is 28.9. The van der Waals surface area contributed by atoms with Gasteiger partial charge in [0, 0.05) is 22.3 Å². The van der Waals surface area contributed by atoms with Crippen molar-refractivity contribution in [3.63, 3.8) is 0 Å². The second-order valence-electron chi connectivity index (χ2n) is 6.61. The molecular weight excluding hydrogens is 486 g/mol. The first-order valence-electron chi connectivity index (χ1n) is 9.12. The van der Waals surface area contributed by atoms with Gasteiger partial charge in [0.15, 0.2) is 0 Å². The standard InChI is InChI=1S/C21H18BrN3O5S/c22-16-9-11-19(12-10-16)31(29,30)24-20(13-15-5-2-1-3-6-15)21(26)23-17-7-4-8-18(14-17)25(27)28/h1-12,14,20,24H,13H2,(H,23,26). The Morgan fingerprint density at radius 2 is 1.68 bits per heavy atom. The minimum atomic E-state index is -4.00. The number of carbonyl (C=O) groups is 1. The number of nitrogens with zero attached hydrogens (tertiary/aromatic N) is 1. The molecule has 0 saturated heterocycles. The van der Waals surface area contributed by atoms with Gasteiger partial charge in [-0.05, 0) is 42.3 Å². The minimum absolute atomic E-state index is 0.0110. The van der Waals surface area contributed by atoms with Crippen molar-refractivity contribution in [3.8, 4) is 0 Å². The third-order valence-electron chi connectivity index (χ3n) is 4.34. The van der Waals surface area contributed by atoms with Crippen LogP contribution in [-0.2, 0) is 21.2 Å². The summed E-state index contributed by atoms with van der Waals surface area (Å²) >= 11 is 3.26. The van der Waals surface area contributed by atoms with E-state index in [1.54, 1.807) is 36.4 Å². The number of hydrogen-bond acceptors (Lipinski definition) is 5. The molecule has 3 aromatic carbocycles. The zero-order chi connectivity index (χ0) is 22.4. The summed E-state index contributed by atoms with van der Waals surface area (Å²) in [7, 11) is -4.00. The monoisotopic (exact) mass is 503 g/mol. The molecule has 3 rings (SSSR count). The molecule has 0 bridgehead atoms. The van der Waals surface area contributed by atoms with Gasteiger partial charge in [0.2, 0.25) is 15.9 Å². The Morgan fingerprint density at radius 3 is 2.32 bits per heavy atom. The Hall–Kier alpha value is -3.08. The molecule has 2 N–H and O–H groups in total. The van der Waals surface area contributed by atoms with E-state index in [-0.39, 0.29) is 22.7 Å². The summed E-state index contributed by atoms with van der Waals surface area (Å²) in [5.41, 5.74) is 0.758. The molecule has 0 saturated carbocycles. The summed E-state index contributed by atoms with van der Waals surface area (Å²) in [5, 5.41) is 13.5. The number of hydrogen-bond donors (Lipinski definition) is 2. The number of nitrogens with one attached hydrogen (secondary N) is 2. The van der Waals surface area contributed by atoms with Crippen molar-refractivity contribution < 1.29 is 18.1 Å². The number of carbonyl (C=O) groups excluding carboxylic acids is 1. The van der Waals surface area contributed by atoms with E-state index in [2.05, 4.69) is 26.0 Å². The summed E-state index contributed by atoms with van der Waals surface area (Å²) in [4.78, 5) is 23.4. The van der Waals surface area contributed by atoms with Gasteiger partial charge in [0.05, 0.1) is 9.82 Å². The molecule has 1 amide bonds. The van der Waals surface area contributed by atoms with E-state index in [1.165, 1.54) is 36.4 Å². The lowest BCUT2D eigenvalue weighted by Gasteiger charge is -2.19. The van der Waals surface area contributed by atoms with E-state index in [1.807, 2.05) is 6.07 Å². The summed E-state index contributed by atoms with van der Waals surface area (Å²) in [5.74, 6) is -0.634. The highest BCUT2D eigenvalue weighted by Crippen LogP contribution is 2.19. The van der Waals surface area contributed by atoms with Gasteiger partial charge in [-0.25, -0.2) is 8.42 Å². The highest BCUT2D eigenvalue weighted by Gasteiger charge is 2.26. The molecule has 0 aliphatic heterocycles. The van der Waals surface area contributed by atoms with Crippen LogP contribution in [0.15, 0.2) is 88.2 Å². The van der Waals surface area contributed by atoms with E-state index in [4.69, 9.17) is 0 Å². The van der Waals surface area contributed by atoms with Gasteiger partial charge in [0.25, 0.3) is 5.69 Å². The minimum Gasteiger partial charge on any atom is -0.324 e. The van der Waals surface area contributed by atoms with Crippen LogP contribution in [0.5, 0.6) is 0 Å². The average molecular weight is 504 g/mol. The van der Waals surface area contributed by atoms with Crippen LogP contribution in [0.4, 0.5) is 11.4 Å². The van der Waals surface area contributed by atoms with E-state index in [0.29, 0.717) is 0 Å². The Bertz CT molecular complexity index is 1190. The van der Waals surface area contributed by atoms with Crippen molar-refractivity contribution in [2.75, 3.05) is 5.32 Å².